The van der Waals surface area contributed by atoms with E-state index in [0.29, 0.717) is 11.4 Å². The SMILES string of the molecule is COC(=O)C1=C(C(=O)OC)C(C)(C)C(=O)N1c1ccccc1OC. The number of ether oxygens (including phenoxy) is 3. The minimum absolute atomic E-state index is 0.0484. The maximum absolute atomic E-state index is 13.0. The van der Waals surface area contributed by atoms with E-state index in [2.05, 4.69) is 0 Å². The third kappa shape index (κ3) is 2.51. The van der Waals surface area contributed by atoms with Gasteiger partial charge in [-0.25, -0.2) is 9.59 Å². The van der Waals surface area contributed by atoms with Crippen LogP contribution in [0.5, 0.6) is 5.75 Å². The van der Waals surface area contributed by atoms with E-state index in [1.165, 1.54) is 21.3 Å². The standard InChI is InChI=1S/C17H19NO6/c1-17(2)12(14(19)23-4)13(15(20)24-5)18(16(17)21)10-8-6-7-9-11(10)22-3/h6-9H,1-5H3. The lowest BCUT2D eigenvalue weighted by molar-refractivity contribution is -0.140. The number of para-hydroxylation sites is 2. The molecule has 0 saturated heterocycles. The molecule has 1 aromatic carbocycles. The first kappa shape index (κ1) is 17.5. The molecule has 1 aromatic rings. The Bertz CT molecular complexity index is 734. The molecule has 24 heavy (non-hydrogen) atoms. The molecule has 1 amide bonds. The van der Waals surface area contributed by atoms with Crippen LogP contribution in [0.3, 0.4) is 0 Å². The number of esters is 2. The minimum Gasteiger partial charge on any atom is -0.495 e. The van der Waals surface area contributed by atoms with Gasteiger partial charge in [0.2, 0.25) is 5.91 Å². The van der Waals surface area contributed by atoms with E-state index >= 15 is 0 Å². The second kappa shape index (κ2) is 6.35. The molecule has 2 rings (SSSR count). The van der Waals surface area contributed by atoms with Crippen LogP contribution in [0.25, 0.3) is 0 Å². The first-order valence-corrected chi connectivity index (χ1v) is 7.20. The molecule has 0 aliphatic carbocycles. The van der Waals surface area contributed by atoms with Crippen molar-refractivity contribution in [2.75, 3.05) is 26.2 Å². The number of hydrogen-bond donors (Lipinski definition) is 0. The smallest absolute Gasteiger partial charge is 0.355 e. The lowest BCUT2D eigenvalue weighted by Crippen LogP contribution is -2.35. The predicted octanol–water partition coefficient (Wildman–Crippen LogP) is 1.67. The fourth-order valence-corrected chi connectivity index (χ4v) is 2.68. The Labute approximate surface area is 139 Å². The highest BCUT2D eigenvalue weighted by Crippen LogP contribution is 2.45. The molecule has 0 fully saturated rings. The van der Waals surface area contributed by atoms with Crippen molar-refractivity contribution in [3.05, 3.63) is 35.5 Å². The van der Waals surface area contributed by atoms with Crippen molar-refractivity contribution in [3.8, 4) is 5.75 Å². The van der Waals surface area contributed by atoms with Crippen molar-refractivity contribution < 1.29 is 28.6 Å². The average molecular weight is 333 g/mol. The van der Waals surface area contributed by atoms with Gasteiger partial charge in [-0.15, -0.1) is 0 Å². The van der Waals surface area contributed by atoms with Crippen molar-refractivity contribution in [2.24, 2.45) is 5.41 Å². The predicted molar refractivity (Wildman–Crippen MR) is 85.3 cm³/mol. The summed E-state index contributed by atoms with van der Waals surface area (Å²) in [5, 5.41) is 0. The van der Waals surface area contributed by atoms with Gasteiger partial charge in [-0.1, -0.05) is 12.1 Å². The summed E-state index contributed by atoms with van der Waals surface area (Å²) in [7, 11) is 3.82. The number of carbonyl (C=O) groups is 3. The topological polar surface area (TPSA) is 82.1 Å². The van der Waals surface area contributed by atoms with Crippen LogP contribution in [0.4, 0.5) is 5.69 Å². The fourth-order valence-electron chi connectivity index (χ4n) is 2.68. The van der Waals surface area contributed by atoms with Crippen molar-refractivity contribution in [1.29, 1.82) is 0 Å². The molecule has 128 valence electrons. The van der Waals surface area contributed by atoms with Crippen LogP contribution in [-0.4, -0.2) is 39.2 Å². The van der Waals surface area contributed by atoms with Gasteiger partial charge in [-0.3, -0.25) is 9.69 Å². The molecule has 0 radical (unpaired) electrons. The van der Waals surface area contributed by atoms with Gasteiger partial charge in [-0.05, 0) is 26.0 Å². The van der Waals surface area contributed by atoms with E-state index in [1.54, 1.807) is 38.1 Å². The van der Waals surface area contributed by atoms with Gasteiger partial charge >= 0.3 is 11.9 Å². The largest absolute Gasteiger partial charge is 0.495 e. The van der Waals surface area contributed by atoms with Crippen LogP contribution in [0, 0.1) is 5.41 Å². The van der Waals surface area contributed by atoms with E-state index < -0.39 is 23.3 Å². The molecule has 0 atom stereocenters. The number of carbonyl (C=O) groups excluding carboxylic acids is 3. The van der Waals surface area contributed by atoms with Crippen molar-refractivity contribution in [1.82, 2.24) is 0 Å². The first-order valence-electron chi connectivity index (χ1n) is 7.20. The summed E-state index contributed by atoms with van der Waals surface area (Å²) in [5.41, 5.74) is -1.12. The van der Waals surface area contributed by atoms with E-state index in [-0.39, 0.29) is 11.3 Å². The highest BCUT2D eigenvalue weighted by atomic mass is 16.5. The van der Waals surface area contributed by atoms with Gasteiger partial charge in [0.1, 0.15) is 11.4 Å². The second-order valence-electron chi connectivity index (χ2n) is 5.64. The number of benzene rings is 1. The average Bonchev–Trinajstić information content (AvgIpc) is 2.80. The van der Waals surface area contributed by atoms with Crippen LogP contribution in [-0.2, 0) is 23.9 Å². The lowest BCUT2D eigenvalue weighted by Gasteiger charge is -2.23. The highest BCUT2D eigenvalue weighted by molar-refractivity contribution is 6.21. The van der Waals surface area contributed by atoms with E-state index in [9.17, 15) is 14.4 Å². The minimum atomic E-state index is -1.25. The molecule has 1 aliphatic rings. The summed E-state index contributed by atoms with van der Waals surface area (Å²) >= 11 is 0. The van der Waals surface area contributed by atoms with Gasteiger partial charge in [-0.2, -0.15) is 0 Å². The van der Waals surface area contributed by atoms with E-state index in [1.807, 2.05) is 0 Å². The number of methoxy groups -OCH3 is 3. The molecule has 1 aliphatic heterocycles. The second-order valence-corrected chi connectivity index (χ2v) is 5.64. The highest BCUT2D eigenvalue weighted by Gasteiger charge is 2.53. The normalized spacial score (nSPS) is 16.2. The Hall–Kier alpha value is -2.83. The molecule has 7 heteroatoms. The molecular weight excluding hydrogens is 314 g/mol. The molecule has 7 nitrogen and oxygen atoms in total. The van der Waals surface area contributed by atoms with E-state index in [4.69, 9.17) is 14.2 Å². The zero-order valence-electron chi connectivity index (χ0n) is 14.2. The number of nitrogens with zero attached hydrogens (tertiary/aromatic N) is 1. The molecule has 0 aromatic heterocycles. The molecular formula is C17H19NO6. The Kier molecular flexibility index (Phi) is 4.64. The number of rotatable bonds is 4. The van der Waals surface area contributed by atoms with Gasteiger partial charge in [0.15, 0.2) is 0 Å². The zero-order valence-corrected chi connectivity index (χ0v) is 14.2. The quantitative estimate of drug-likeness (QED) is 0.780. The monoisotopic (exact) mass is 333 g/mol. The molecule has 1 heterocycles. The molecule has 0 N–H and O–H groups in total. The summed E-state index contributed by atoms with van der Waals surface area (Å²) in [6.07, 6.45) is 0. The van der Waals surface area contributed by atoms with Crippen LogP contribution < -0.4 is 9.64 Å². The third-order valence-electron chi connectivity index (χ3n) is 3.92. The van der Waals surface area contributed by atoms with Gasteiger partial charge in [0.05, 0.1) is 38.0 Å². The number of hydrogen-bond acceptors (Lipinski definition) is 6. The van der Waals surface area contributed by atoms with Crippen LogP contribution >= 0.6 is 0 Å². The van der Waals surface area contributed by atoms with Crippen molar-refractivity contribution in [3.63, 3.8) is 0 Å². The molecule has 0 unspecified atom stereocenters. The number of amides is 1. The van der Waals surface area contributed by atoms with Gasteiger partial charge in [0.25, 0.3) is 0 Å². The first-order chi connectivity index (χ1) is 11.3. The Morgan fingerprint density at radius 1 is 1.00 bits per heavy atom. The fraction of sp³-hybridized carbons (Fsp3) is 0.353. The van der Waals surface area contributed by atoms with Crippen LogP contribution in [0.2, 0.25) is 0 Å². The maximum Gasteiger partial charge on any atom is 0.355 e. The molecule has 0 bridgehead atoms. The molecule has 0 saturated carbocycles. The Morgan fingerprint density at radius 2 is 1.58 bits per heavy atom. The Balaban J connectivity index is 2.79. The summed E-state index contributed by atoms with van der Waals surface area (Å²) in [4.78, 5) is 38.7. The number of anilines is 1. The maximum atomic E-state index is 13.0. The van der Waals surface area contributed by atoms with Gasteiger partial charge < -0.3 is 14.2 Å². The van der Waals surface area contributed by atoms with Crippen molar-refractivity contribution in [2.45, 2.75) is 13.8 Å². The third-order valence-corrected chi connectivity index (χ3v) is 3.92. The summed E-state index contributed by atoms with van der Waals surface area (Å²) in [6, 6.07) is 6.70. The summed E-state index contributed by atoms with van der Waals surface area (Å²) < 4.78 is 14.8. The van der Waals surface area contributed by atoms with E-state index in [0.717, 1.165) is 4.90 Å². The Morgan fingerprint density at radius 3 is 2.12 bits per heavy atom. The summed E-state index contributed by atoms with van der Waals surface area (Å²) in [6.45, 7) is 3.11. The summed E-state index contributed by atoms with van der Waals surface area (Å²) in [5.74, 6) is -1.63. The molecule has 0 spiro atoms. The van der Waals surface area contributed by atoms with Crippen LogP contribution in [0.15, 0.2) is 35.5 Å². The van der Waals surface area contributed by atoms with Crippen LogP contribution in [0.1, 0.15) is 13.8 Å². The van der Waals surface area contributed by atoms with Gasteiger partial charge in [0, 0.05) is 0 Å². The lowest BCUT2D eigenvalue weighted by atomic mass is 9.85. The zero-order chi connectivity index (χ0) is 18.1. The van der Waals surface area contributed by atoms with Crippen molar-refractivity contribution >= 4 is 23.5 Å².